The molecule has 100 valence electrons. The number of hydrogen-bond donors (Lipinski definition) is 1. The SMILES string of the molecule is CCN(C1CCS(=O)(=O)CC1)C(C)(C)C(=O)O. The van der Waals surface area contributed by atoms with Gasteiger partial charge in [-0.2, -0.15) is 0 Å². The quantitative estimate of drug-likeness (QED) is 0.810. The van der Waals surface area contributed by atoms with Crippen molar-refractivity contribution in [3.63, 3.8) is 0 Å². The molecule has 1 saturated heterocycles. The van der Waals surface area contributed by atoms with Crippen molar-refractivity contribution in [2.75, 3.05) is 18.1 Å². The van der Waals surface area contributed by atoms with Gasteiger partial charge in [0.2, 0.25) is 0 Å². The molecular formula is C11H21NO4S. The Labute approximate surface area is 103 Å². The van der Waals surface area contributed by atoms with Gasteiger partial charge in [-0.15, -0.1) is 0 Å². The Bertz CT molecular complexity index is 374. The summed E-state index contributed by atoms with van der Waals surface area (Å²) >= 11 is 0. The minimum atomic E-state index is -2.90. The van der Waals surface area contributed by atoms with Crippen LogP contribution in [0.5, 0.6) is 0 Å². The monoisotopic (exact) mass is 263 g/mol. The van der Waals surface area contributed by atoms with Crippen LogP contribution in [-0.4, -0.2) is 54.0 Å². The van der Waals surface area contributed by atoms with Crippen molar-refractivity contribution < 1.29 is 18.3 Å². The third-order valence-electron chi connectivity index (χ3n) is 3.55. The van der Waals surface area contributed by atoms with Gasteiger partial charge < -0.3 is 5.11 Å². The summed E-state index contributed by atoms with van der Waals surface area (Å²) in [5.74, 6) is -0.527. The number of carboxylic acids is 1. The number of rotatable bonds is 4. The van der Waals surface area contributed by atoms with Crippen molar-refractivity contribution in [2.45, 2.75) is 45.2 Å². The van der Waals surface area contributed by atoms with Crippen LogP contribution in [0.3, 0.4) is 0 Å². The molecule has 6 heteroatoms. The maximum Gasteiger partial charge on any atom is 0.323 e. The number of hydrogen-bond acceptors (Lipinski definition) is 4. The van der Waals surface area contributed by atoms with Crippen LogP contribution >= 0.6 is 0 Å². The van der Waals surface area contributed by atoms with Gasteiger partial charge in [0.05, 0.1) is 11.5 Å². The van der Waals surface area contributed by atoms with Gasteiger partial charge in [0.25, 0.3) is 0 Å². The summed E-state index contributed by atoms with van der Waals surface area (Å²) in [6.45, 7) is 5.86. The van der Waals surface area contributed by atoms with E-state index in [-0.39, 0.29) is 17.5 Å². The normalized spacial score (nSPS) is 21.6. The van der Waals surface area contributed by atoms with E-state index in [9.17, 15) is 18.3 Å². The van der Waals surface area contributed by atoms with E-state index in [2.05, 4.69) is 0 Å². The van der Waals surface area contributed by atoms with Gasteiger partial charge in [-0.05, 0) is 33.2 Å². The molecule has 1 rings (SSSR count). The fraction of sp³-hybridized carbons (Fsp3) is 0.909. The van der Waals surface area contributed by atoms with Gasteiger partial charge in [-0.25, -0.2) is 8.42 Å². The Morgan fingerprint density at radius 2 is 1.82 bits per heavy atom. The summed E-state index contributed by atoms with van der Waals surface area (Å²) in [6, 6.07) is 0.0506. The highest BCUT2D eigenvalue weighted by Gasteiger charge is 2.39. The summed E-state index contributed by atoms with van der Waals surface area (Å²) in [6.07, 6.45) is 1.07. The van der Waals surface area contributed by atoms with Crippen molar-refractivity contribution >= 4 is 15.8 Å². The average molecular weight is 263 g/mol. The molecule has 0 aromatic rings. The third kappa shape index (κ3) is 3.19. The second-order valence-electron chi connectivity index (χ2n) is 5.03. The highest BCUT2D eigenvalue weighted by Crippen LogP contribution is 2.25. The zero-order valence-corrected chi connectivity index (χ0v) is 11.5. The summed E-state index contributed by atoms with van der Waals surface area (Å²) in [4.78, 5) is 13.1. The molecular weight excluding hydrogens is 242 g/mol. The summed E-state index contributed by atoms with van der Waals surface area (Å²) in [5.41, 5.74) is -0.944. The van der Waals surface area contributed by atoms with Crippen LogP contribution in [0, 0.1) is 0 Å². The van der Waals surface area contributed by atoms with E-state index in [1.165, 1.54) is 0 Å². The molecule has 0 aromatic heterocycles. The minimum Gasteiger partial charge on any atom is -0.480 e. The number of sulfone groups is 1. The highest BCUT2D eigenvalue weighted by molar-refractivity contribution is 7.91. The van der Waals surface area contributed by atoms with Crippen LogP contribution in [0.4, 0.5) is 0 Å². The molecule has 0 saturated carbocycles. The van der Waals surface area contributed by atoms with Gasteiger partial charge >= 0.3 is 5.97 Å². The molecule has 0 bridgehead atoms. The van der Waals surface area contributed by atoms with Crippen molar-refractivity contribution in [3.05, 3.63) is 0 Å². The van der Waals surface area contributed by atoms with Gasteiger partial charge in [0.1, 0.15) is 15.4 Å². The molecule has 17 heavy (non-hydrogen) atoms. The molecule has 1 aliphatic rings. The topological polar surface area (TPSA) is 74.7 Å². The number of carboxylic acid groups (broad SMARTS) is 1. The van der Waals surface area contributed by atoms with Crippen molar-refractivity contribution in [1.29, 1.82) is 0 Å². The molecule has 0 aromatic carbocycles. The fourth-order valence-corrected chi connectivity index (χ4v) is 3.89. The van der Waals surface area contributed by atoms with Crippen LogP contribution in [0.25, 0.3) is 0 Å². The summed E-state index contributed by atoms with van der Waals surface area (Å²) < 4.78 is 22.7. The first kappa shape index (κ1) is 14.4. The van der Waals surface area contributed by atoms with E-state index in [0.29, 0.717) is 19.4 Å². The van der Waals surface area contributed by atoms with Gasteiger partial charge in [-0.1, -0.05) is 6.92 Å². The van der Waals surface area contributed by atoms with E-state index in [1.54, 1.807) is 13.8 Å². The third-order valence-corrected chi connectivity index (χ3v) is 5.26. The largest absolute Gasteiger partial charge is 0.480 e. The molecule has 0 unspecified atom stereocenters. The maximum absolute atomic E-state index is 11.4. The lowest BCUT2D eigenvalue weighted by molar-refractivity contribution is -0.151. The summed E-state index contributed by atoms with van der Waals surface area (Å²) in [7, 11) is -2.90. The van der Waals surface area contributed by atoms with Crippen molar-refractivity contribution in [3.8, 4) is 0 Å². The molecule has 0 atom stereocenters. The highest BCUT2D eigenvalue weighted by atomic mass is 32.2. The van der Waals surface area contributed by atoms with E-state index in [4.69, 9.17) is 0 Å². The fourth-order valence-electron chi connectivity index (χ4n) is 2.42. The zero-order valence-electron chi connectivity index (χ0n) is 10.6. The smallest absolute Gasteiger partial charge is 0.323 e. The molecule has 0 aliphatic carbocycles. The van der Waals surface area contributed by atoms with E-state index >= 15 is 0 Å². The Balaban J connectivity index is 2.80. The second kappa shape index (κ2) is 4.94. The first-order valence-corrected chi connectivity index (χ1v) is 7.73. The molecule has 0 radical (unpaired) electrons. The number of likely N-dealkylation sites (N-methyl/N-ethyl adjacent to an activating group) is 1. The first-order chi connectivity index (χ1) is 7.70. The molecule has 0 amide bonds. The van der Waals surface area contributed by atoms with Gasteiger partial charge in [0, 0.05) is 6.04 Å². The number of nitrogens with zero attached hydrogens (tertiary/aromatic N) is 1. The Kier molecular flexibility index (Phi) is 4.19. The zero-order chi connectivity index (χ0) is 13.3. The lowest BCUT2D eigenvalue weighted by atomic mass is 9.97. The summed E-state index contributed by atoms with van der Waals surface area (Å²) in [5, 5.41) is 9.22. The molecule has 0 spiro atoms. The van der Waals surface area contributed by atoms with Crippen LogP contribution in [0.15, 0.2) is 0 Å². The Hall–Kier alpha value is -0.620. The van der Waals surface area contributed by atoms with Crippen LogP contribution < -0.4 is 0 Å². The van der Waals surface area contributed by atoms with Crippen LogP contribution in [0.2, 0.25) is 0 Å². The Morgan fingerprint density at radius 3 is 2.18 bits per heavy atom. The number of carbonyl (C=O) groups is 1. The van der Waals surface area contributed by atoms with E-state index < -0.39 is 21.3 Å². The van der Waals surface area contributed by atoms with E-state index in [0.717, 1.165) is 0 Å². The number of aliphatic carboxylic acids is 1. The average Bonchev–Trinajstić information content (AvgIpc) is 2.21. The molecule has 1 heterocycles. The van der Waals surface area contributed by atoms with Gasteiger partial charge in [-0.3, -0.25) is 9.69 Å². The van der Waals surface area contributed by atoms with Crippen LogP contribution in [-0.2, 0) is 14.6 Å². The van der Waals surface area contributed by atoms with E-state index in [1.807, 2.05) is 11.8 Å². The molecule has 1 aliphatic heterocycles. The molecule has 1 fully saturated rings. The molecule has 5 nitrogen and oxygen atoms in total. The maximum atomic E-state index is 11.4. The first-order valence-electron chi connectivity index (χ1n) is 5.91. The van der Waals surface area contributed by atoms with Gasteiger partial charge in [0.15, 0.2) is 0 Å². The Morgan fingerprint density at radius 1 is 1.35 bits per heavy atom. The molecule has 1 N–H and O–H groups in total. The van der Waals surface area contributed by atoms with Crippen molar-refractivity contribution in [1.82, 2.24) is 4.90 Å². The van der Waals surface area contributed by atoms with Crippen molar-refractivity contribution in [2.24, 2.45) is 0 Å². The standard InChI is InChI=1S/C11H21NO4S/c1-4-12(11(2,3)10(13)14)9-5-7-17(15,16)8-6-9/h9H,4-8H2,1-3H3,(H,13,14). The predicted octanol–water partition coefficient (Wildman–Crippen LogP) is 0.749. The lowest BCUT2D eigenvalue weighted by Crippen LogP contribution is -2.56. The van der Waals surface area contributed by atoms with Crippen LogP contribution in [0.1, 0.15) is 33.6 Å². The predicted molar refractivity (Wildman–Crippen MR) is 65.8 cm³/mol. The second-order valence-corrected chi connectivity index (χ2v) is 7.34. The minimum absolute atomic E-state index is 0.0506. The lowest BCUT2D eigenvalue weighted by Gasteiger charge is -2.41.